The van der Waals surface area contributed by atoms with Crippen molar-refractivity contribution in [2.75, 3.05) is 0 Å². The van der Waals surface area contributed by atoms with Crippen LogP contribution in [0.25, 0.3) is 0 Å². The van der Waals surface area contributed by atoms with Crippen molar-refractivity contribution in [3.8, 4) is 0 Å². The highest BCUT2D eigenvalue weighted by atomic mass is 79.9. The first-order valence-electron chi connectivity index (χ1n) is 7.53. The first-order valence-corrected chi connectivity index (χ1v) is 8.70. The van der Waals surface area contributed by atoms with E-state index in [1.165, 1.54) is 5.56 Å². The molecule has 0 saturated heterocycles. The summed E-state index contributed by atoms with van der Waals surface area (Å²) in [5.41, 5.74) is 1.73. The second kappa shape index (κ2) is 7.47. The van der Waals surface area contributed by atoms with E-state index in [4.69, 9.17) is 16.3 Å². The van der Waals surface area contributed by atoms with Gasteiger partial charge in [0.05, 0.1) is 18.3 Å². The molecular weight excluding hydrogens is 378 g/mol. The lowest BCUT2D eigenvalue weighted by Crippen LogP contribution is -2.47. The second-order valence-electron chi connectivity index (χ2n) is 5.68. The van der Waals surface area contributed by atoms with E-state index in [1.807, 2.05) is 18.2 Å². The maximum Gasteiger partial charge on any atom is 0.252 e. The molecule has 23 heavy (non-hydrogen) atoms. The van der Waals surface area contributed by atoms with Gasteiger partial charge in [-0.25, -0.2) is 0 Å². The van der Waals surface area contributed by atoms with Crippen molar-refractivity contribution in [1.82, 2.24) is 5.32 Å². The van der Waals surface area contributed by atoms with Crippen LogP contribution in [-0.4, -0.2) is 18.1 Å². The zero-order valence-corrected chi connectivity index (χ0v) is 14.8. The lowest BCUT2D eigenvalue weighted by molar-refractivity contribution is -0.0251. The minimum Gasteiger partial charge on any atom is -0.373 e. The normalized spacial score (nSPS) is 19.9. The zero-order chi connectivity index (χ0) is 16.2. The van der Waals surface area contributed by atoms with Crippen LogP contribution in [0.15, 0.2) is 53.0 Å². The van der Waals surface area contributed by atoms with Gasteiger partial charge in [0.25, 0.3) is 5.91 Å². The van der Waals surface area contributed by atoms with Crippen molar-refractivity contribution < 1.29 is 9.53 Å². The molecule has 3 rings (SSSR count). The summed E-state index contributed by atoms with van der Waals surface area (Å²) in [6.45, 7) is 0.617. The largest absolute Gasteiger partial charge is 0.373 e. The number of amides is 1. The van der Waals surface area contributed by atoms with Crippen LogP contribution in [0.3, 0.4) is 0 Å². The zero-order valence-electron chi connectivity index (χ0n) is 12.5. The van der Waals surface area contributed by atoms with Gasteiger partial charge in [0.15, 0.2) is 0 Å². The Balaban J connectivity index is 1.45. The standard InChI is InChI=1S/C18H17BrClNO2/c19-17-7-6-13(20)8-16(17)18(22)21-14-9-15(10-14)23-11-12-4-2-1-3-5-12/h1-8,14-15H,9-11H2,(H,21,22). The summed E-state index contributed by atoms with van der Waals surface area (Å²) in [6, 6.07) is 15.5. The number of nitrogens with one attached hydrogen (secondary N) is 1. The van der Waals surface area contributed by atoms with Crippen LogP contribution in [0.5, 0.6) is 0 Å². The van der Waals surface area contributed by atoms with Crippen molar-refractivity contribution in [3.05, 3.63) is 69.2 Å². The molecule has 0 spiro atoms. The molecule has 2 aromatic carbocycles. The van der Waals surface area contributed by atoms with E-state index in [2.05, 4.69) is 33.4 Å². The van der Waals surface area contributed by atoms with E-state index in [0.717, 1.165) is 17.3 Å². The van der Waals surface area contributed by atoms with Crippen molar-refractivity contribution in [2.45, 2.75) is 31.6 Å². The van der Waals surface area contributed by atoms with Crippen molar-refractivity contribution >= 4 is 33.4 Å². The number of benzene rings is 2. The molecule has 1 saturated carbocycles. The van der Waals surface area contributed by atoms with Crippen molar-refractivity contribution in [2.24, 2.45) is 0 Å². The molecule has 2 aromatic rings. The molecule has 0 aromatic heterocycles. The second-order valence-corrected chi connectivity index (χ2v) is 6.98. The van der Waals surface area contributed by atoms with Gasteiger partial charge in [-0.3, -0.25) is 4.79 Å². The molecule has 0 bridgehead atoms. The number of ether oxygens (including phenoxy) is 1. The lowest BCUT2D eigenvalue weighted by Gasteiger charge is -2.35. The summed E-state index contributed by atoms with van der Waals surface area (Å²) in [5, 5.41) is 3.57. The molecule has 1 amide bonds. The number of hydrogen-bond acceptors (Lipinski definition) is 2. The average molecular weight is 395 g/mol. The van der Waals surface area contributed by atoms with Gasteiger partial charge in [-0.15, -0.1) is 0 Å². The Morgan fingerprint density at radius 2 is 1.96 bits per heavy atom. The third kappa shape index (κ3) is 4.34. The van der Waals surface area contributed by atoms with Gasteiger partial charge in [0.2, 0.25) is 0 Å². The number of carbonyl (C=O) groups excluding carboxylic acids is 1. The maximum atomic E-state index is 12.3. The van der Waals surface area contributed by atoms with Gasteiger partial charge >= 0.3 is 0 Å². The molecule has 0 unspecified atom stereocenters. The van der Waals surface area contributed by atoms with E-state index in [9.17, 15) is 4.79 Å². The fourth-order valence-electron chi connectivity index (χ4n) is 2.54. The first-order chi connectivity index (χ1) is 11.1. The Kier molecular flexibility index (Phi) is 5.36. The van der Waals surface area contributed by atoms with E-state index < -0.39 is 0 Å². The highest BCUT2D eigenvalue weighted by Crippen LogP contribution is 2.26. The molecular formula is C18H17BrClNO2. The van der Waals surface area contributed by atoms with E-state index in [1.54, 1.807) is 18.2 Å². The van der Waals surface area contributed by atoms with E-state index in [-0.39, 0.29) is 18.1 Å². The summed E-state index contributed by atoms with van der Waals surface area (Å²) >= 11 is 9.33. The van der Waals surface area contributed by atoms with E-state index in [0.29, 0.717) is 17.2 Å². The highest BCUT2D eigenvalue weighted by molar-refractivity contribution is 9.10. The van der Waals surface area contributed by atoms with Crippen LogP contribution in [0, 0.1) is 0 Å². The maximum absolute atomic E-state index is 12.3. The summed E-state index contributed by atoms with van der Waals surface area (Å²) in [6.07, 6.45) is 1.90. The molecule has 1 aliphatic rings. The Bertz CT molecular complexity index is 687. The Labute approximate surface area is 149 Å². The van der Waals surface area contributed by atoms with Gasteiger partial charge in [0.1, 0.15) is 0 Å². The molecule has 1 N–H and O–H groups in total. The van der Waals surface area contributed by atoms with Crippen LogP contribution in [-0.2, 0) is 11.3 Å². The fourth-order valence-corrected chi connectivity index (χ4v) is 3.14. The molecule has 120 valence electrons. The minimum atomic E-state index is -0.106. The third-order valence-electron chi connectivity index (χ3n) is 3.93. The SMILES string of the molecule is O=C(NC1CC(OCc2ccccc2)C1)c1cc(Cl)ccc1Br. The minimum absolute atomic E-state index is 0.106. The third-order valence-corrected chi connectivity index (χ3v) is 4.86. The van der Waals surface area contributed by atoms with Crippen LogP contribution in [0.1, 0.15) is 28.8 Å². The summed E-state index contributed by atoms with van der Waals surface area (Å²) in [5.74, 6) is -0.106. The van der Waals surface area contributed by atoms with Gasteiger partial charge in [0, 0.05) is 15.5 Å². The number of halogens is 2. The van der Waals surface area contributed by atoms with Gasteiger partial charge < -0.3 is 10.1 Å². The lowest BCUT2D eigenvalue weighted by atomic mass is 9.89. The molecule has 0 radical (unpaired) electrons. The number of carbonyl (C=O) groups is 1. The van der Waals surface area contributed by atoms with Crippen molar-refractivity contribution in [3.63, 3.8) is 0 Å². The first kappa shape index (κ1) is 16.5. The quantitative estimate of drug-likeness (QED) is 0.806. The van der Waals surface area contributed by atoms with Gasteiger partial charge in [-0.05, 0) is 52.5 Å². The Hall–Kier alpha value is -1.36. The molecule has 0 aliphatic heterocycles. The Morgan fingerprint density at radius 3 is 2.70 bits per heavy atom. The predicted molar refractivity (Wildman–Crippen MR) is 94.7 cm³/mol. The number of hydrogen-bond donors (Lipinski definition) is 1. The highest BCUT2D eigenvalue weighted by Gasteiger charge is 2.31. The molecule has 5 heteroatoms. The van der Waals surface area contributed by atoms with Crippen LogP contribution in [0.2, 0.25) is 5.02 Å². The molecule has 0 heterocycles. The van der Waals surface area contributed by atoms with Gasteiger partial charge in [-0.2, -0.15) is 0 Å². The van der Waals surface area contributed by atoms with Crippen LogP contribution >= 0.6 is 27.5 Å². The molecule has 0 atom stereocenters. The summed E-state index contributed by atoms with van der Waals surface area (Å²) < 4.78 is 6.59. The fraction of sp³-hybridized carbons (Fsp3) is 0.278. The topological polar surface area (TPSA) is 38.3 Å². The summed E-state index contributed by atoms with van der Waals surface area (Å²) in [4.78, 5) is 12.3. The molecule has 3 nitrogen and oxygen atoms in total. The number of rotatable bonds is 5. The molecule has 1 aliphatic carbocycles. The van der Waals surface area contributed by atoms with Crippen LogP contribution < -0.4 is 5.32 Å². The van der Waals surface area contributed by atoms with Crippen LogP contribution in [0.4, 0.5) is 0 Å². The van der Waals surface area contributed by atoms with E-state index >= 15 is 0 Å². The van der Waals surface area contributed by atoms with Crippen molar-refractivity contribution in [1.29, 1.82) is 0 Å². The Morgan fingerprint density at radius 1 is 1.22 bits per heavy atom. The predicted octanol–water partition coefficient (Wildman–Crippen LogP) is 4.58. The molecule has 1 fully saturated rings. The monoisotopic (exact) mass is 393 g/mol. The average Bonchev–Trinajstić information content (AvgIpc) is 2.52. The smallest absolute Gasteiger partial charge is 0.252 e. The van der Waals surface area contributed by atoms with Gasteiger partial charge in [-0.1, -0.05) is 41.9 Å². The summed E-state index contributed by atoms with van der Waals surface area (Å²) in [7, 11) is 0.